The molecule has 0 atom stereocenters. The molecule has 0 aliphatic heterocycles. The fourth-order valence-electron chi connectivity index (χ4n) is 3.30. The SMILES string of the molecule is Cc1cc(/C=N\NC(=O)C(=O)Nc2ccc(C(C)C)cc2)c(C)n1-c1cc(Cl)ccc1Cl. The molecule has 2 amide bonds. The first-order valence-corrected chi connectivity index (χ1v) is 10.8. The van der Waals surface area contributed by atoms with E-state index < -0.39 is 11.8 Å². The summed E-state index contributed by atoms with van der Waals surface area (Å²) < 4.78 is 1.95. The number of hydrogen-bond acceptors (Lipinski definition) is 3. The van der Waals surface area contributed by atoms with Crippen molar-refractivity contribution < 1.29 is 9.59 Å². The Hall–Kier alpha value is -3.09. The van der Waals surface area contributed by atoms with Crippen molar-refractivity contribution in [1.82, 2.24) is 9.99 Å². The lowest BCUT2D eigenvalue weighted by molar-refractivity contribution is -0.136. The second-order valence-corrected chi connectivity index (χ2v) is 8.53. The van der Waals surface area contributed by atoms with Gasteiger partial charge in [0.2, 0.25) is 0 Å². The van der Waals surface area contributed by atoms with Gasteiger partial charge in [-0.05, 0) is 61.7 Å². The van der Waals surface area contributed by atoms with Gasteiger partial charge in [0, 0.05) is 27.7 Å². The van der Waals surface area contributed by atoms with Crippen molar-refractivity contribution in [3.8, 4) is 5.69 Å². The Morgan fingerprint density at radius 1 is 1.00 bits per heavy atom. The van der Waals surface area contributed by atoms with Crippen molar-refractivity contribution in [2.24, 2.45) is 5.10 Å². The molecule has 0 bridgehead atoms. The van der Waals surface area contributed by atoms with Crippen molar-refractivity contribution in [2.45, 2.75) is 33.6 Å². The molecule has 3 rings (SSSR count). The number of aromatic nitrogens is 1. The summed E-state index contributed by atoms with van der Waals surface area (Å²) in [5, 5.41) is 7.63. The number of nitrogens with one attached hydrogen (secondary N) is 2. The molecule has 1 aromatic heterocycles. The summed E-state index contributed by atoms with van der Waals surface area (Å²) in [7, 11) is 0. The van der Waals surface area contributed by atoms with E-state index in [9.17, 15) is 9.59 Å². The van der Waals surface area contributed by atoms with E-state index in [-0.39, 0.29) is 0 Å². The fourth-order valence-corrected chi connectivity index (χ4v) is 3.67. The predicted molar refractivity (Wildman–Crippen MR) is 130 cm³/mol. The Kier molecular flexibility index (Phi) is 7.38. The number of carbonyl (C=O) groups is 2. The third-order valence-corrected chi connectivity index (χ3v) is 5.59. The molecular weight excluding hydrogens is 447 g/mol. The molecule has 0 aliphatic carbocycles. The van der Waals surface area contributed by atoms with Crippen LogP contribution in [-0.4, -0.2) is 22.6 Å². The van der Waals surface area contributed by atoms with E-state index in [4.69, 9.17) is 23.2 Å². The molecule has 3 aromatic rings. The molecule has 0 saturated heterocycles. The van der Waals surface area contributed by atoms with Crippen LogP contribution in [0.15, 0.2) is 53.6 Å². The normalized spacial score (nSPS) is 11.2. The number of carbonyl (C=O) groups excluding carboxylic acids is 2. The Morgan fingerprint density at radius 3 is 2.34 bits per heavy atom. The maximum atomic E-state index is 12.1. The standard InChI is InChI=1S/C24H24Cl2N4O2/c1-14(2)17-5-8-20(9-6-17)28-23(31)24(32)29-27-13-18-11-15(3)30(16(18)4)22-12-19(25)7-10-21(22)26/h5-14H,1-4H3,(H,28,31)(H,29,32)/b27-13-. The van der Waals surface area contributed by atoms with E-state index in [1.165, 1.54) is 6.21 Å². The van der Waals surface area contributed by atoms with Crippen LogP contribution in [0.25, 0.3) is 5.69 Å². The molecule has 1 heterocycles. The number of benzene rings is 2. The van der Waals surface area contributed by atoms with Gasteiger partial charge in [-0.15, -0.1) is 0 Å². The number of halogens is 2. The summed E-state index contributed by atoms with van der Waals surface area (Å²) in [5.41, 5.74) is 7.24. The van der Waals surface area contributed by atoms with Gasteiger partial charge in [0.15, 0.2) is 0 Å². The first-order chi connectivity index (χ1) is 15.2. The fraction of sp³-hybridized carbons (Fsp3) is 0.208. The molecular formula is C24H24Cl2N4O2. The lowest BCUT2D eigenvalue weighted by Gasteiger charge is -2.12. The Bertz CT molecular complexity index is 1180. The molecule has 6 nitrogen and oxygen atoms in total. The average molecular weight is 471 g/mol. The zero-order chi connectivity index (χ0) is 23.4. The van der Waals surface area contributed by atoms with Gasteiger partial charge in [-0.3, -0.25) is 9.59 Å². The Morgan fingerprint density at radius 2 is 1.69 bits per heavy atom. The summed E-state index contributed by atoms with van der Waals surface area (Å²) in [6, 6.07) is 14.5. The van der Waals surface area contributed by atoms with Gasteiger partial charge in [0.25, 0.3) is 0 Å². The second kappa shape index (κ2) is 10.0. The van der Waals surface area contributed by atoms with Crippen LogP contribution in [0.2, 0.25) is 10.0 Å². The van der Waals surface area contributed by atoms with Crippen LogP contribution in [0.4, 0.5) is 5.69 Å². The lowest BCUT2D eigenvalue weighted by atomic mass is 10.0. The summed E-state index contributed by atoms with van der Waals surface area (Å²) in [5.74, 6) is -1.27. The van der Waals surface area contributed by atoms with E-state index in [1.54, 1.807) is 30.3 Å². The number of aryl methyl sites for hydroxylation is 1. The van der Waals surface area contributed by atoms with Crippen LogP contribution >= 0.6 is 23.2 Å². The molecule has 166 valence electrons. The topological polar surface area (TPSA) is 75.5 Å². The summed E-state index contributed by atoms with van der Waals surface area (Å²) in [6.07, 6.45) is 1.49. The number of hydrogen-bond donors (Lipinski definition) is 2. The van der Waals surface area contributed by atoms with Gasteiger partial charge in [0.1, 0.15) is 0 Å². The minimum Gasteiger partial charge on any atom is -0.318 e. The second-order valence-electron chi connectivity index (χ2n) is 7.69. The summed E-state index contributed by atoms with van der Waals surface area (Å²) in [4.78, 5) is 24.2. The summed E-state index contributed by atoms with van der Waals surface area (Å²) >= 11 is 12.5. The van der Waals surface area contributed by atoms with Crippen LogP contribution in [0, 0.1) is 13.8 Å². The highest BCUT2D eigenvalue weighted by molar-refractivity contribution is 6.39. The van der Waals surface area contributed by atoms with Crippen LogP contribution in [-0.2, 0) is 9.59 Å². The third kappa shape index (κ3) is 5.39. The molecule has 2 aromatic carbocycles. The number of rotatable bonds is 5. The highest BCUT2D eigenvalue weighted by atomic mass is 35.5. The van der Waals surface area contributed by atoms with Gasteiger partial charge >= 0.3 is 11.8 Å². The molecule has 0 unspecified atom stereocenters. The van der Waals surface area contributed by atoms with Crippen molar-refractivity contribution in [3.05, 3.63) is 81.1 Å². The number of anilines is 1. The van der Waals surface area contributed by atoms with Crippen LogP contribution < -0.4 is 10.7 Å². The smallest absolute Gasteiger partial charge is 0.318 e. The molecule has 0 fully saturated rings. The van der Waals surface area contributed by atoms with E-state index in [0.29, 0.717) is 21.7 Å². The van der Waals surface area contributed by atoms with Crippen molar-refractivity contribution in [1.29, 1.82) is 0 Å². The van der Waals surface area contributed by atoms with E-state index in [0.717, 1.165) is 28.2 Å². The number of hydrazone groups is 1. The Labute approximate surface area is 197 Å². The van der Waals surface area contributed by atoms with Crippen molar-refractivity contribution >= 4 is 46.9 Å². The van der Waals surface area contributed by atoms with Gasteiger partial charge < -0.3 is 9.88 Å². The number of nitrogens with zero attached hydrogens (tertiary/aromatic N) is 2. The van der Waals surface area contributed by atoms with Crippen LogP contribution in [0.3, 0.4) is 0 Å². The first kappa shape index (κ1) is 23.6. The molecule has 0 saturated carbocycles. The molecule has 32 heavy (non-hydrogen) atoms. The predicted octanol–water partition coefficient (Wildman–Crippen LogP) is 5.61. The zero-order valence-electron chi connectivity index (χ0n) is 18.2. The molecule has 8 heteroatoms. The maximum Gasteiger partial charge on any atom is 0.329 e. The van der Waals surface area contributed by atoms with E-state index in [2.05, 4.69) is 29.7 Å². The molecule has 0 radical (unpaired) electrons. The highest BCUT2D eigenvalue weighted by Gasteiger charge is 2.15. The molecule has 0 spiro atoms. The monoisotopic (exact) mass is 470 g/mol. The van der Waals surface area contributed by atoms with Crippen LogP contribution in [0.5, 0.6) is 0 Å². The summed E-state index contributed by atoms with van der Waals surface area (Å²) in [6.45, 7) is 8.00. The largest absolute Gasteiger partial charge is 0.329 e. The average Bonchev–Trinajstić information content (AvgIpc) is 3.03. The van der Waals surface area contributed by atoms with E-state index in [1.807, 2.05) is 36.6 Å². The molecule has 0 aliphatic rings. The van der Waals surface area contributed by atoms with Crippen molar-refractivity contribution in [3.63, 3.8) is 0 Å². The minimum absolute atomic E-state index is 0.384. The van der Waals surface area contributed by atoms with Gasteiger partial charge in [-0.1, -0.05) is 49.2 Å². The quantitative estimate of drug-likeness (QED) is 0.288. The third-order valence-electron chi connectivity index (χ3n) is 5.03. The van der Waals surface area contributed by atoms with Gasteiger partial charge in [-0.2, -0.15) is 5.10 Å². The maximum absolute atomic E-state index is 12.1. The van der Waals surface area contributed by atoms with Gasteiger partial charge in [0.05, 0.1) is 16.9 Å². The zero-order valence-corrected chi connectivity index (χ0v) is 19.8. The first-order valence-electron chi connectivity index (χ1n) is 10.1. The van der Waals surface area contributed by atoms with Crippen LogP contribution in [0.1, 0.15) is 42.3 Å². The highest BCUT2D eigenvalue weighted by Crippen LogP contribution is 2.28. The lowest BCUT2D eigenvalue weighted by Crippen LogP contribution is -2.32. The van der Waals surface area contributed by atoms with Crippen molar-refractivity contribution in [2.75, 3.05) is 5.32 Å². The van der Waals surface area contributed by atoms with E-state index >= 15 is 0 Å². The molecule has 2 N–H and O–H groups in total. The van der Waals surface area contributed by atoms with Gasteiger partial charge in [-0.25, -0.2) is 5.43 Å². The minimum atomic E-state index is -0.860. The Balaban J connectivity index is 1.67. The number of amides is 2.